The first kappa shape index (κ1) is 116. The average Bonchev–Trinajstić information content (AvgIpc) is 0.896. The van der Waals surface area contributed by atoms with E-state index in [1.54, 1.807) is 0 Å². The van der Waals surface area contributed by atoms with Gasteiger partial charge in [-0.3, -0.25) is 32.5 Å². The van der Waals surface area contributed by atoms with Gasteiger partial charge >= 0.3 is 33.6 Å². The van der Waals surface area contributed by atoms with E-state index in [0.29, 0.717) is 25.7 Å². The monoisotopic (exact) mass is 1730 g/mol. The molecule has 4 N–H and O–H groups in total. The molecule has 16 nitrogen and oxygen atoms in total. The van der Waals surface area contributed by atoms with Gasteiger partial charge in [0.05, 0.1) is 26.4 Å². The molecule has 0 aromatic heterocycles. The Labute approximate surface area is 739 Å². The van der Waals surface area contributed by atoms with E-state index in [9.17, 15) is 43.5 Å². The van der Waals surface area contributed by atoms with E-state index in [1.165, 1.54) is 218 Å². The van der Waals surface area contributed by atoms with Gasteiger partial charge in [-0.15, -0.1) is 0 Å². The maximum Gasteiger partial charge on any atom is 0.472 e. The molecule has 0 aliphatic heterocycles. The molecule has 0 aliphatic rings. The second-order valence-corrected chi connectivity index (χ2v) is 35.0. The van der Waals surface area contributed by atoms with E-state index < -0.39 is 91.5 Å². The number of hydrogen-bond donors (Lipinski definition) is 4. The number of carbonyl (C=O) groups is 3. The maximum atomic E-state index is 13.0. The number of aliphatic hydroxyl groups is 2. The number of rotatable bonds is 91. The highest BCUT2D eigenvalue weighted by Crippen LogP contribution is 2.45. The van der Waals surface area contributed by atoms with Crippen molar-refractivity contribution >= 4 is 33.6 Å². The van der Waals surface area contributed by atoms with Crippen molar-refractivity contribution in [1.29, 1.82) is 0 Å². The zero-order valence-electron chi connectivity index (χ0n) is 76.6. The molecule has 0 rings (SSSR count). The molecule has 0 aromatic rings. The molecule has 0 spiro atoms. The van der Waals surface area contributed by atoms with Gasteiger partial charge in [-0.2, -0.15) is 0 Å². The highest BCUT2D eigenvalue weighted by Gasteiger charge is 2.30. The van der Waals surface area contributed by atoms with Crippen molar-refractivity contribution in [1.82, 2.24) is 0 Å². The Kier molecular flexibility index (Phi) is 90.1. The predicted octanol–water partition coefficient (Wildman–Crippen LogP) is 30.2. The molecule has 0 aromatic carbocycles. The summed E-state index contributed by atoms with van der Waals surface area (Å²) in [4.78, 5) is 59.0. The van der Waals surface area contributed by atoms with Crippen LogP contribution in [0, 0.1) is 0 Å². The number of hydrogen-bond acceptors (Lipinski definition) is 14. The molecular formula is C103H176O16P2. The van der Waals surface area contributed by atoms with E-state index >= 15 is 0 Å². The van der Waals surface area contributed by atoms with Gasteiger partial charge in [0.25, 0.3) is 0 Å². The molecule has 5 unspecified atom stereocenters. The van der Waals surface area contributed by atoms with Gasteiger partial charge in [-0.25, -0.2) is 9.13 Å². The molecular weight excluding hydrogens is 1560 g/mol. The molecule has 0 heterocycles. The van der Waals surface area contributed by atoms with E-state index in [4.69, 9.17) is 32.3 Å². The van der Waals surface area contributed by atoms with Gasteiger partial charge in [-0.1, -0.05) is 409 Å². The highest BCUT2D eigenvalue weighted by atomic mass is 31.2. The predicted molar refractivity (Wildman–Crippen MR) is 509 cm³/mol. The first-order valence-electron chi connectivity index (χ1n) is 48.4. The normalized spacial score (nSPS) is 14.5. The third-order valence-electron chi connectivity index (χ3n) is 20.4. The Bertz CT molecular complexity index is 2880. The number of aliphatic hydroxyl groups excluding tert-OH is 2. The standard InChI is InChI=1S/C103H176O16P2/c1-4-7-10-13-16-19-22-25-28-31-33-35-37-39-41-43-45-47-48-50-52-53-55-57-59-61-63-66-68-71-74-77-80-83-86-89-101(106)113-92-98(104)93-115-120(109,110)116-94-99(105)95-117-121(111,112)118-97-100(119-103(108)91-88-85-82-79-76-73-70-65-30-27-24-21-18-15-12-9-6-3)96-114-102(107)90-87-84-81-78-75-72-69-67-64-62-60-58-56-54-51-49-46-44-42-40-38-36-34-32-29-26-23-20-17-14-11-8-5-2/h7,9-10,12,16-21,25-30,33-36,39-42,70,73,79,82,98-100,104-105H,4-6,8,11,13-15,22-24,31-32,37-38,43-69,71-72,74-78,80-81,83-97H2,1-3H3,(H,109,110)(H,111,112)/b10-7-,12-9-,19-16-,20-17-,21-18-,28-25-,29-26-,30-27-,35-33-,36-34-,41-39-,42-40-,73-70-,82-79-. The van der Waals surface area contributed by atoms with Crippen LogP contribution in [-0.4, -0.2) is 95.9 Å². The number of allylic oxidation sites excluding steroid dienone is 28. The third-order valence-corrected chi connectivity index (χ3v) is 22.3. The first-order valence-corrected chi connectivity index (χ1v) is 51.4. The summed E-state index contributed by atoms with van der Waals surface area (Å²) in [7, 11) is -9.83. The van der Waals surface area contributed by atoms with Crippen LogP contribution in [0.25, 0.3) is 0 Å². The van der Waals surface area contributed by atoms with Crippen LogP contribution in [0.4, 0.5) is 0 Å². The summed E-state index contributed by atoms with van der Waals surface area (Å²) < 4.78 is 61.4. The molecule has 0 bridgehead atoms. The Balaban J connectivity index is 4.47. The first-order chi connectivity index (χ1) is 59.2. The van der Waals surface area contributed by atoms with Crippen LogP contribution in [0.5, 0.6) is 0 Å². The smallest absolute Gasteiger partial charge is 0.463 e. The number of ether oxygens (including phenoxy) is 3. The lowest BCUT2D eigenvalue weighted by atomic mass is 10.0. The Hall–Kier alpha value is -5.09. The topological polar surface area (TPSA) is 231 Å². The van der Waals surface area contributed by atoms with Gasteiger partial charge in [-0.05, 0) is 148 Å². The van der Waals surface area contributed by atoms with Crippen molar-refractivity contribution in [3.05, 3.63) is 170 Å². The summed E-state index contributed by atoms with van der Waals surface area (Å²) in [6, 6.07) is 0. The minimum absolute atomic E-state index is 0.0241. The van der Waals surface area contributed by atoms with E-state index in [-0.39, 0.29) is 19.3 Å². The SMILES string of the molecule is CC/C=C\C/C=C\C/C=C\C/C=C\C/C=C\CCCCCCCCCCCCCCCCCCCCCC(=O)OCC(O)COP(=O)(O)OCC(O)COP(=O)(O)OCC(COC(=O)CCCCCCCCCCCCCCCCCCC/C=C\C/C=C\C/C=C\C/C=C\CCCCC)OC(=O)CCC/C=C\C/C=C\C/C=C\C/C=C\C/C=C\CC. The summed E-state index contributed by atoms with van der Waals surface area (Å²) in [6.45, 7) is 2.41. The third kappa shape index (κ3) is 95.4. The minimum Gasteiger partial charge on any atom is -0.463 e. The molecule has 0 radical (unpaired) electrons. The van der Waals surface area contributed by atoms with E-state index in [2.05, 4.69) is 179 Å². The molecule has 0 fully saturated rings. The molecule has 5 atom stereocenters. The fourth-order valence-electron chi connectivity index (χ4n) is 13.2. The molecule has 121 heavy (non-hydrogen) atoms. The van der Waals surface area contributed by atoms with E-state index in [0.717, 1.165) is 122 Å². The van der Waals surface area contributed by atoms with Crippen molar-refractivity contribution in [2.24, 2.45) is 0 Å². The lowest BCUT2D eigenvalue weighted by Crippen LogP contribution is -2.30. The summed E-state index contributed by atoms with van der Waals surface area (Å²) in [6.07, 6.45) is 123. The van der Waals surface area contributed by atoms with Crippen molar-refractivity contribution in [3.8, 4) is 0 Å². The fourth-order valence-corrected chi connectivity index (χ4v) is 14.7. The Morgan fingerprint density at radius 1 is 0.240 bits per heavy atom. The Morgan fingerprint density at radius 3 is 0.719 bits per heavy atom. The quantitative estimate of drug-likeness (QED) is 0.0146. The van der Waals surface area contributed by atoms with Gasteiger partial charge < -0.3 is 34.2 Å². The van der Waals surface area contributed by atoms with Crippen LogP contribution in [-0.2, 0) is 55.8 Å². The van der Waals surface area contributed by atoms with Crippen molar-refractivity contribution in [3.63, 3.8) is 0 Å². The molecule has 0 saturated heterocycles. The summed E-state index contributed by atoms with van der Waals surface area (Å²) in [5, 5.41) is 20.7. The van der Waals surface area contributed by atoms with Crippen LogP contribution < -0.4 is 0 Å². The molecule has 0 saturated carbocycles. The van der Waals surface area contributed by atoms with Gasteiger partial charge in [0.1, 0.15) is 25.4 Å². The number of phosphoric acid groups is 2. The average molecular weight is 1730 g/mol. The van der Waals surface area contributed by atoms with Gasteiger partial charge in [0.15, 0.2) is 6.10 Å². The Morgan fingerprint density at radius 2 is 0.446 bits per heavy atom. The van der Waals surface area contributed by atoms with Crippen LogP contribution in [0.15, 0.2) is 170 Å². The van der Waals surface area contributed by atoms with Crippen molar-refractivity contribution in [2.75, 3.05) is 39.6 Å². The summed E-state index contributed by atoms with van der Waals surface area (Å²) in [5.74, 6) is -1.63. The van der Waals surface area contributed by atoms with Crippen LogP contribution in [0.3, 0.4) is 0 Å². The zero-order valence-corrected chi connectivity index (χ0v) is 78.4. The number of esters is 3. The molecule has 0 aliphatic carbocycles. The minimum atomic E-state index is -4.96. The second kappa shape index (κ2) is 94.1. The lowest BCUT2D eigenvalue weighted by molar-refractivity contribution is -0.161. The number of carbonyl (C=O) groups excluding carboxylic acids is 3. The number of phosphoric ester groups is 2. The zero-order chi connectivity index (χ0) is 87.9. The van der Waals surface area contributed by atoms with Gasteiger partial charge in [0, 0.05) is 19.3 Å². The summed E-state index contributed by atoms with van der Waals surface area (Å²) in [5.41, 5.74) is 0. The highest BCUT2D eigenvalue weighted by molar-refractivity contribution is 7.47. The van der Waals surface area contributed by atoms with Gasteiger partial charge in [0.2, 0.25) is 0 Å². The lowest BCUT2D eigenvalue weighted by Gasteiger charge is -2.21. The second-order valence-electron chi connectivity index (χ2n) is 32.1. The number of unbranched alkanes of at least 4 members (excludes halogenated alkanes) is 40. The molecule has 0 amide bonds. The summed E-state index contributed by atoms with van der Waals surface area (Å²) >= 11 is 0. The van der Waals surface area contributed by atoms with Crippen molar-refractivity contribution in [2.45, 2.75) is 424 Å². The van der Waals surface area contributed by atoms with Crippen LogP contribution in [0.2, 0.25) is 0 Å². The fraction of sp³-hybridized carbons (Fsp3) is 0.699. The maximum absolute atomic E-state index is 13.0. The van der Waals surface area contributed by atoms with Crippen LogP contribution >= 0.6 is 15.6 Å². The molecule has 694 valence electrons. The molecule has 18 heteroatoms. The van der Waals surface area contributed by atoms with Crippen molar-refractivity contribution < 1.29 is 75.8 Å². The largest absolute Gasteiger partial charge is 0.472 e. The van der Waals surface area contributed by atoms with E-state index in [1.807, 2.05) is 12.2 Å². The van der Waals surface area contributed by atoms with Crippen LogP contribution in [0.1, 0.15) is 406 Å².